The molecule has 0 saturated heterocycles. The SMILES string of the molecule is CCOc1ccc(-c2csc(NC(=O)CCSc3nc(-c4ccccc4)cc(-c4ccc(C)cc4)c3C#N)n2)cc1. The molecule has 5 aromatic rings. The molecule has 1 amide bonds. The Hall–Kier alpha value is -4.45. The maximum atomic E-state index is 12.8. The second-order valence-electron chi connectivity index (χ2n) is 9.22. The van der Waals surface area contributed by atoms with Crippen molar-refractivity contribution in [2.75, 3.05) is 17.7 Å². The lowest BCUT2D eigenvalue weighted by atomic mass is 9.98. The third-order valence-corrected chi connectivity index (χ3v) is 8.04. The van der Waals surface area contributed by atoms with E-state index in [0.29, 0.717) is 28.1 Å². The summed E-state index contributed by atoms with van der Waals surface area (Å²) in [6.45, 7) is 4.60. The quantitative estimate of drug-likeness (QED) is 0.169. The Morgan fingerprint density at radius 3 is 2.37 bits per heavy atom. The summed E-state index contributed by atoms with van der Waals surface area (Å²) in [5, 5.41) is 16.1. The van der Waals surface area contributed by atoms with Gasteiger partial charge in [-0.05, 0) is 49.7 Å². The van der Waals surface area contributed by atoms with Gasteiger partial charge in [-0.25, -0.2) is 9.97 Å². The molecule has 2 aromatic heterocycles. The number of nitrogens with zero attached hydrogens (tertiary/aromatic N) is 3. The maximum absolute atomic E-state index is 12.8. The van der Waals surface area contributed by atoms with Gasteiger partial charge in [0.2, 0.25) is 5.91 Å². The lowest BCUT2D eigenvalue weighted by molar-refractivity contribution is -0.115. The fourth-order valence-corrected chi connectivity index (χ4v) is 5.91. The van der Waals surface area contributed by atoms with Crippen LogP contribution in [0.2, 0.25) is 0 Å². The van der Waals surface area contributed by atoms with Crippen LogP contribution >= 0.6 is 23.1 Å². The number of nitrogens with one attached hydrogen (secondary N) is 1. The highest BCUT2D eigenvalue weighted by Gasteiger charge is 2.17. The van der Waals surface area contributed by atoms with Gasteiger partial charge in [0, 0.05) is 34.2 Å². The van der Waals surface area contributed by atoms with Crippen LogP contribution in [0.15, 0.2) is 95.3 Å². The van der Waals surface area contributed by atoms with Gasteiger partial charge in [-0.2, -0.15) is 5.26 Å². The highest BCUT2D eigenvalue weighted by Crippen LogP contribution is 2.35. The van der Waals surface area contributed by atoms with E-state index in [1.165, 1.54) is 23.1 Å². The number of amides is 1. The van der Waals surface area contributed by atoms with Crippen LogP contribution in [0.4, 0.5) is 5.13 Å². The normalized spacial score (nSPS) is 10.7. The molecule has 0 fully saturated rings. The van der Waals surface area contributed by atoms with Crippen LogP contribution in [0.3, 0.4) is 0 Å². The molecule has 0 bridgehead atoms. The van der Waals surface area contributed by atoms with Crippen LogP contribution in [0.25, 0.3) is 33.6 Å². The van der Waals surface area contributed by atoms with Gasteiger partial charge in [-0.1, -0.05) is 60.2 Å². The average molecular weight is 577 g/mol. The number of hydrogen-bond acceptors (Lipinski definition) is 7. The number of hydrogen-bond donors (Lipinski definition) is 1. The number of benzene rings is 3. The first-order valence-electron chi connectivity index (χ1n) is 13.2. The first-order valence-corrected chi connectivity index (χ1v) is 15.1. The molecule has 204 valence electrons. The van der Waals surface area contributed by atoms with Crippen molar-refractivity contribution < 1.29 is 9.53 Å². The number of nitriles is 1. The minimum atomic E-state index is -0.137. The van der Waals surface area contributed by atoms with Gasteiger partial charge in [0.25, 0.3) is 0 Å². The number of aryl methyl sites for hydroxylation is 1. The van der Waals surface area contributed by atoms with Crippen LogP contribution in [0.1, 0.15) is 24.5 Å². The van der Waals surface area contributed by atoms with Crippen molar-refractivity contribution in [1.82, 2.24) is 9.97 Å². The van der Waals surface area contributed by atoms with Gasteiger partial charge in [0.15, 0.2) is 5.13 Å². The van der Waals surface area contributed by atoms with Crippen LogP contribution in [0, 0.1) is 18.3 Å². The number of carbonyl (C=O) groups is 1. The first kappa shape index (κ1) is 28.1. The van der Waals surface area contributed by atoms with Crippen LogP contribution in [-0.2, 0) is 4.79 Å². The molecule has 0 aliphatic rings. The average Bonchev–Trinajstić information content (AvgIpc) is 3.46. The van der Waals surface area contributed by atoms with Gasteiger partial charge in [0.1, 0.15) is 16.8 Å². The van der Waals surface area contributed by atoms with Gasteiger partial charge in [-0.3, -0.25) is 4.79 Å². The summed E-state index contributed by atoms with van der Waals surface area (Å²) in [6.07, 6.45) is 0.255. The molecule has 5 rings (SSSR count). The molecule has 3 aromatic carbocycles. The number of thioether (sulfide) groups is 1. The fourth-order valence-electron chi connectivity index (χ4n) is 4.23. The largest absolute Gasteiger partial charge is 0.494 e. The number of anilines is 1. The van der Waals surface area contributed by atoms with Gasteiger partial charge in [0.05, 0.1) is 23.6 Å². The lowest BCUT2D eigenvalue weighted by Gasteiger charge is -2.13. The molecule has 6 nitrogen and oxygen atoms in total. The van der Waals surface area contributed by atoms with Crippen molar-refractivity contribution in [3.8, 4) is 45.5 Å². The summed E-state index contributed by atoms with van der Waals surface area (Å²) in [4.78, 5) is 22.2. The van der Waals surface area contributed by atoms with E-state index in [4.69, 9.17) is 9.72 Å². The molecule has 0 aliphatic carbocycles. The second-order valence-corrected chi connectivity index (χ2v) is 11.2. The summed E-state index contributed by atoms with van der Waals surface area (Å²) in [7, 11) is 0. The molecule has 1 N–H and O–H groups in total. The minimum Gasteiger partial charge on any atom is -0.494 e. The van der Waals surface area contributed by atoms with E-state index in [9.17, 15) is 10.1 Å². The Bertz CT molecular complexity index is 1680. The van der Waals surface area contributed by atoms with Crippen molar-refractivity contribution in [1.29, 1.82) is 5.26 Å². The molecule has 0 spiro atoms. The molecule has 0 unspecified atom stereocenters. The molecular formula is C33H28N4O2S2. The standard InChI is InChI=1S/C33H28N4O2S2/c1-3-39-26-15-13-25(14-16-26)30-21-41-33(36-30)37-31(38)17-18-40-32-28(20-34)27(23-11-9-22(2)10-12-23)19-29(35-32)24-7-5-4-6-8-24/h4-16,19,21H,3,17-18H2,1-2H3,(H,36,37,38). The Kier molecular flexibility index (Phi) is 9.09. The second kappa shape index (κ2) is 13.3. The molecule has 2 heterocycles. The van der Waals surface area contributed by atoms with Crippen molar-refractivity contribution in [3.05, 3.63) is 101 Å². The lowest BCUT2D eigenvalue weighted by Crippen LogP contribution is -2.12. The zero-order valence-electron chi connectivity index (χ0n) is 22.8. The fraction of sp³-hybridized carbons (Fsp3) is 0.152. The topological polar surface area (TPSA) is 87.9 Å². The molecule has 0 radical (unpaired) electrons. The zero-order valence-corrected chi connectivity index (χ0v) is 24.4. The van der Waals surface area contributed by atoms with Gasteiger partial charge < -0.3 is 10.1 Å². The van der Waals surface area contributed by atoms with Gasteiger partial charge in [-0.15, -0.1) is 23.1 Å². The molecule has 0 aliphatic heterocycles. The molecular weight excluding hydrogens is 549 g/mol. The zero-order chi connectivity index (χ0) is 28.6. The molecule has 8 heteroatoms. The number of rotatable bonds is 10. The van der Waals surface area contributed by atoms with Crippen molar-refractivity contribution in [2.24, 2.45) is 0 Å². The van der Waals surface area contributed by atoms with Crippen LogP contribution in [-0.4, -0.2) is 28.2 Å². The predicted octanol–water partition coefficient (Wildman–Crippen LogP) is 8.24. The number of carbonyl (C=O) groups excluding carboxylic acids is 1. The summed E-state index contributed by atoms with van der Waals surface area (Å²) < 4.78 is 5.50. The molecule has 41 heavy (non-hydrogen) atoms. The monoisotopic (exact) mass is 576 g/mol. The number of aromatic nitrogens is 2. The third-order valence-electron chi connectivity index (χ3n) is 6.31. The Morgan fingerprint density at radius 1 is 0.951 bits per heavy atom. The summed E-state index contributed by atoms with van der Waals surface area (Å²) in [5.74, 6) is 1.14. The van der Waals surface area contributed by atoms with Crippen molar-refractivity contribution in [2.45, 2.75) is 25.3 Å². The Morgan fingerprint density at radius 2 is 1.66 bits per heavy atom. The maximum Gasteiger partial charge on any atom is 0.226 e. The number of pyridine rings is 1. The number of ether oxygens (including phenoxy) is 1. The highest BCUT2D eigenvalue weighted by atomic mass is 32.2. The third kappa shape index (κ3) is 7.01. The number of thiazole rings is 1. The van der Waals surface area contributed by atoms with E-state index in [-0.39, 0.29) is 12.3 Å². The van der Waals surface area contributed by atoms with Gasteiger partial charge >= 0.3 is 0 Å². The van der Waals surface area contributed by atoms with Crippen molar-refractivity contribution >= 4 is 34.1 Å². The van der Waals surface area contributed by atoms with E-state index in [1.54, 1.807) is 0 Å². The van der Waals surface area contributed by atoms with E-state index < -0.39 is 0 Å². The highest BCUT2D eigenvalue weighted by molar-refractivity contribution is 7.99. The van der Waals surface area contributed by atoms with E-state index in [1.807, 2.05) is 104 Å². The van der Waals surface area contributed by atoms with Crippen molar-refractivity contribution in [3.63, 3.8) is 0 Å². The minimum absolute atomic E-state index is 0.137. The molecule has 0 saturated carbocycles. The Labute approximate surface area is 248 Å². The Balaban J connectivity index is 1.29. The van der Waals surface area contributed by atoms with E-state index >= 15 is 0 Å². The van der Waals surface area contributed by atoms with Crippen LogP contribution < -0.4 is 10.1 Å². The summed E-state index contributed by atoms with van der Waals surface area (Å²) in [5.41, 5.74) is 6.96. The molecule has 0 atom stereocenters. The summed E-state index contributed by atoms with van der Waals surface area (Å²) in [6, 6.07) is 30.1. The van der Waals surface area contributed by atoms with E-state index in [0.717, 1.165) is 45.0 Å². The smallest absolute Gasteiger partial charge is 0.226 e. The van der Waals surface area contributed by atoms with E-state index in [2.05, 4.69) is 16.4 Å². The first-order chi connectivity index (χ1) is 20.0. The van der Waals surface area contributed by atoms with Crippen LogP contribution in [0.5, 0.6) is 5.75 Å². The summed E-state index contributed by atoms with van der Waals surface area (Å²) >= 11 is 2.80. The predicted molar refractivity (Wildman–Crippen MR) is 167 cm³/mol.